The molecule has 1 amide bonds. The molecule has 0 heterocycles. The lowest BCUT2D eigenvalue weighted by atomic mass is 9.97. The van der Waals surface area contributed by atoms with Crippen LogP contribution in [-0.2, 0) is 20.5 Å². The Balaban J connectivity index is 1.99. The molecule has 0 saturated carbocycles. The summed E-state index contributed by atoms with van der Waals surface area (Å²) in [5, 5.41) is 2.17. The average molecular weight is 400 g/mol. The van der Waals surface area contributed by atoms with Gasteiger partial charge in [0.25, 0.3) is 5.91 Å². The number of esters is 1. The molecule has 0 aliphatic heterocycles. The third-order valence-corrected chi connectivity index (χ3v) is 4.14. The van der Waals surface area contributed by atoms with Crippen molar-refractivity contribution in [3.05, 3.63) is 64.7 Å². The monoisotopic (exact) mass is 399 g/mol. The molecule has 27 heavy (non-hydrogen) atoms. The molecule has 0 aromatic heterocycles. The zero-order chi connectivity index (χ0) is 20.0. The number of hydrogen-bond donors (Lipinski definition) is 1. The number of alkyl halides is 3. The average Bonchev–Trinajstić information content (AvgIpc) is 2.62. The van der Waals surface area contributed by atoms with Gasteiger partial charge in [0.1, 0.15) is 0 Å². The first-order valence-corrected chi connectivity index (χ1v) is 8.48. The van der Waals surface area contributed by atoms with Crippen molar-refractivity contribution >= 4 is 29.2 Å². The van der Waals surface area contributed by atoms with E-state index >= 15 is 0 Å². The first-order chi connectivity index (χ1) is 12.7. The minimum Gasteiger partial charge on any atom is -0.455 e. The number of nitrogens with one attached hydrogen (secondary N) is 1. The van der Waals surface area contributed by atoms with E-state index < -0.39 is 36.1 Å². The van der Waals surface area contributed by atoms with E-state index in [0.717, 1.165) is 23.8 Å². The summed E-state index contributed by atoms with van der Waals surface area (Å²) in [5.41, 5.74) is -0.400. The third kappa shape index (κ3) is 5.72. The summed E-state index contributed by atoms with van der Waals surface area (Å²) in [4.78, 5) is 24.2. The van der Waals surface area contributed by atoms with E-state index in [-0.39, 0.29) is 10.7 Å². The van der Waals surface area contributed by atoms with Gasteiger partial charge < -0.3 is 10.1 Å². The van der Waals surface area contributed by atoms with Crippen molar-refractivity contribution in [2.45, 2.75) is 25.4 Å². The predicted molar refractivity (Wildman–Crippen MR) is 95.5 cm³/mol. The van der Waals surface area contributed by atoms with Crippen LogP contribution in [0.5, 0.6) is 0 Å². The summed E-state index contributed by atoms with van der Waals surface area (Å²) in [5.74, 6) is -1.90. The van der Waals surface area contributed by atoms with Crippen molar-refractivity contribution in [2.24, 2.45) is 0 Å². The smallest absolute Gasteiger partial charge is 0.416 e. The molecule has 0 spiro atoms. The fourth-order valence-electron chi connectivity index (χ4n) is 2.44. The molecule has 0 saturated heterocycles. The highest BCUT2D eigenvalue weighted by molar-refractivity contribution is 6.33. The van der Waals surface area contributed by atoms with Gasteiger partial charge >= 0.3 is 12.1 Å². The lowest BCUT2D eigenvalue weighted by Gasteiger charge is -2.15. The van der Waals surface area contributed by atoms with Crippen LogP contribution in [0.4, 0.5) is 18.9 Å². The van der Waals surface area contributed by atoms with Crippen molar-refractivity contribution in [2.75, 3.05) is 11.9 Å². The summed E-state index contributed by atoms with van der Waals surface area (Å²) >= 11 is 5.82. The molecule has 0 aliphatic carbocycles. The number of amides is 1. The number of halogens is 4. The van der Waals surface area contributed by atoms with Gasteiger partial charge in [0.2, 0.25) is 0 Å². The maximum atomic E-state index is 12.8. The molecule has 0 bridgehead atoms. The van der Waals surface area contributed by atoms with Gasteiger partial charge in [-0.15, -0.1) is 0 Å². The zero-order valence-corrected chi connectivity index (χ0v) is 15.1. The van der Waals surface area contributed by atoms with Crippen LogP contribution in [0.25, 0.3) is 0 Å². The molecule has 2 aromatic rings. The molecular weight excluding hydrogens is 383 g/mol. The standard InChI is InChI=1S/C19H17ClF3NO3/c1-2-14(12-6-4-3-5-7-12)18(26)27-11-17(25)24-16-10-13(19(21,22)23)8-9-15(16)20/h3-10,14H,2,11H2,1H3,(H,24,25). The predicted octanol–water partition coefficient (Wildman–Crippen LogP) is 5.03. The number of carbonyl (C=O) groups is 2. The minimum absolute atomic E-state index is 0.0570. The first-order valence-electron chi connectivity index (χ1n) is 8.10. The molecule has 144 valence electrons. The molecule has 1 unspecified atom stereocenters. The van der Waals surface area contributed by atoms with Crippen LogP contribution in [0.2, 0.25) is 5.02 Å². The van der Waals surface area contributed by atoms with E-state index in [2.05, 4.69) is 5.32 Å². The molecule has 2 aromatic carbocycles. The SMILES string of the molecule is CCC(C(=O)OCC(=O)Nc1cc(C(F)(F)F)ccc1Cl)c1ccccc1. The lowest BCUT2D eigenvalue weighted by Crippen LogP contribution is -2.24. The van der Waals surface area contributed by atoms with E-state index in [1.165, 1.54) is 0 Å². The zero-order valence-electron chi connectivity index (χ0n) is 14.3. The molecule has 0 aliphatic rings. The van der Waals surface area contributed by atoms with E-state index in [9.17, 15) is 22.8 Å². The Labute approximate surface area is 159 Å². The van der Waals surface area contributed by atoms with Gasteiger partial charge in [-0.2, -0.15) is 13.2 Å². The van der Waals surface area contributed by atoms with E-state index in [1.54, 1.807) is 31.2 Å². The molecule has 1 N–H and O–H groups in total. The maximum Gasteiger partial charge on any atom is 0.416 e. The Kier molecular flexibility index (Phi) is 6.85. The molecule has 0 radical (unpaired) electrons. The highest BCUT2D eigenvalue weighted by Crippen LogP contribution is 2.33. The van der Waals surface area contributed by atoms with Crippen LogP contribution in [-0.4, -0.2) is 18.5 Å². The van der Waals surface area contributed by atoms with Crippen molar-refractivity contribution in [1.29, 1.82) is 0 Å². The van der Waals surface area contributed by atoms with Gasteiger partial charge in [0.15, 0.2) is 6.61 Å². The van der Waals surface area contributed by atoms with Crippen LogP contribution >= 0.6 is 11.6 Å². The Bertz CT molecular complexity index is 810. The summed E-state index contributed by atoms with van der Waals surface area (Å²) in [6.07, 6.45) is -4.09. The van der Waals surface area contributed by atoms with Gasteiger partial charge in [0.05, 0.1) is 22.2 Å². The highest BCUT2D eigenvalue weighted by Gasteiger charge is 2.31. The summed E-state index contributed by atoms with van der Waals surface area (Å²) in [6, 6.07) is 11.5. The lowest BCUT2D eigenvalue weighted by molar-refractivity contribution is -0.149. The quantitative estimate of drug-likeness (QED) is 0.693. The fraction of sp³-hybridized carbons (Fsp3) is 0.263. The number of anilines is 1. The number of carbonyl (C=O) groups excluding carboxylic acids is 2. The maximum absolute atomic E-state index is 12.8. The van der Waals surface area contributed by atoms with Crippen molar-refractivity contribution < 1.29 is 27.5 Å². The second-order valence-electron chi connectivity index (χ2n) is 5.72. The summed E-state index contributed by atoms with van der Waals surface area (Å²) < 4.78 is 43.3. The summed E-state index contributed by atoms with van der Waals surface area (Å²) in [6.45, 7) is 1.18. The van der Waals surface area contributed by atoms with Gasteiger partial charge in [-0.1, -0.05) is 48.9 Å². The fourth-order valence-corrected chi connectivity index (χ4v) is 2.61. The molecule has 1 atom stereocenters. The first kappa shape index (κ1) is 20.8. The van der Waals surface area contributed by atoms with Gasteiger partial charge in [0, 0.05) is 0 Å². The Morgan fingerprint density at radius 1 is 1.15 bits per heavy atom. The minimum atomic E-state index is -4.57. The Hall–Kier alpha value is -2.54. The highest BCUT2D eigenvalue weighted by atomic mass is 35.5. The largest absolute Gasteiger partial charge is 0.455 e. The van der Waals surface area contributed by atoms with Crippen molar-refractivity contribution in [3.8, 4) is 0 Å². The number of benzene rings is 2. The number of hydrogen-bond acceptors (Lipinski definition) is 3. The molecule has 4 nitrogen and oxygen atoms in total. The Morgan fingerprint density at radius 2 is 1.81 bits per heavy atom. The van der Waals surface area contributed by atoms with Gasteiger partial charge in [-0.05, 0) is 30.2 Å². The van der Waals surface area contributed by atoms with E-state index in [4.69, 9.17) is 16.3 Å². The normalized spacial score (nSPS) is 12.3. The van der Waals surface area contributed by atoms with Crippen molar-refractivity contribution in [3.63, 3.8) is 0 Å². The van der Waals surface area contributed by atoms with Gasteiger partial charge in [-0.3, -0.25) is 9.59 Å². The topological polar surface area (TPSA) is 55.4 Å². The molecule has 8 heteroatoms. The molecular formula is C19H17ClF3NO3. The molecule has 2 rings (SSSR count). The van der Waals surface area contributed by atoms with Crippen LogP contribution in [0.1, 0.15) is 30.4 Å². The third-order valence-electron chi connectivity index (χ3n) is 3.81. The molecule has 0 fully saturated rings. The Morgan fingerprint density at radius 3 is 2.41 bits per heavy atom. The van der Waals surface area contributed by atoms with E-state index in [0.29, 0.717) is 6.42 Å². The summed E-state index contributed by atoms with van der Waals surface area (Å²) in [7, 11) is 0. The van der Waals surface area contributed by atoms with Crippen LogP contribution in [0, 0.1) is 0 Å². The number of ether oxygens (including phenoxy) is 1. The number of rotatable bonds is 6. The van der Waals surface area contributed by atoms with Crippen LogP contribution < -0.4 is 5.32 Å². The second kappa shape index (κ2) is 8.90. The van der Waals surface area contributed by atoms with Crippen LogP contribution in [0.3, 0.4) is 0 Å². The van der Waals surface area contributed by atoms with Crippen molar-refractivity contribution in [1.82, 2.24) is 0 Å². The van der Waals surface area contributed by atoms with E-state index in [1.807, 2.05) is 6.07 Å². The second-order valence-corrected chi connectivity index (χ2v) is 6.13. The van der Waals surface area contributed by atoms with Gasteiger partial charge in [-0.25, -0.2) is 0 Å². The van der Waals surface area contributed by atoms with Crippen LogP contribution in [0.15, 0.2) is 48.5 Å².